The highest BCUT2D eigenvalue weighted by Crippen LogP contribution is 2.23. The van der Waals surface area contributed by atoms with Gasteiger partial charge in [0, 0.05) is 30.2 Å². The minimum atomic E-state index is 0. The monoisotopic (exact) mass is 509 g/mol. The summed E-state index contributed by atoms with van der Waals surface area (Å²) in [7, 11) is 2.01. The first-order chi connectivity index (χ1) is 13.6. The molecule has 2 N–H and O–H groups in total. The van der Waals surface area contributed by atoms with E-state index in [9.17, 15) is 0 Å². The summed E-state index contributed by atoms with van der Waals surface area (Å²) in [6.45, 7) is 9.87. The van der Waals surface area contributed by atoms with Crippen molar-refractivity contribution in [3.05, 3.63) is 53.0 Å². The molecule has 0 saturated heterocycles. The molecule has 1 unspecified atom stereocenters. The first-order valence-electron chi connectivity index (χ1n) is 10.1. The highest BCUT2D eigenvalue weighted by Gasteiger charge is 2.15. The van der Waals surface area contributed by atoms with Crippen LogP contribution in [0.25, 0.3) is 11.0 Å². The molecule has 158 valence electrons. The zero-order chi connectivity index (χ0) is 20.1. The van der Waals surface area contributed by atoms with E-state index in [-0.39, 0.29) is 30.0 Å². The number of nitrogens with one attached hydrogen (secondary N) is 2. The number of aliphatic imine (C=N–C) groups is 1. The van der Waals surface area contributed by atoms with Gasteiger partial charge in [-0.25, -0.2) is 4.99 Å². The molecular formula is C22H32IN5O. The van der Waals surface area contributed by atoms with Gasteiger partial charge in [0.25, 0.3) is 0 Å². The second kappa shape index (κ2) is 10.7. The van der Waals surface area contributed by atoms with E-state index in [0.29, 0.717) is 6.54 Å². The molecule has 1 aromatic carbocycles. The maximum Gasteiger partial charge on any atom is 0.192 e. The molecule has 6 nitrogen and oxygen atoms in total. The maximum atomic E-state index is 5.99. The zero-order valence-corrected chi connectivity index (χ0v) is 20.3. The third-order valence-electron chi connectivity index (χ3n) is 4.99. The predicted molar refractivity (Wildman–Crippen MR) is 130 cm³/mol. The van der Waals surface area contributed by atoms with Crippen molar-refractivity contribution in [1.82, 2.24) is 20.4 Å². The van der Waals surface area contributed by atoms with Crippen LogP contribution < -0.4 is 10.6 Å². The van der Waals surface area contributed by atoms with Crippen LogP contribution in [0.4, 0.5) is 0 Å². The predicted octanol–water partition coefficient (Wildman–Crippen LogP) is 4.73. The minimum Gasteiger partial charge on any atom is -0.459 e. The van der Waals surface area contributed by atoms with Crippen LogP contribution in [0.15, 0.2) is 39.7 Å². The Bertz CT molecular complexity index is 926. The summed E-state index contributed by atoms with van der Waals surface area (Å²) in [6.07, 6.45) is 1.87. The summed E-state index contributed by atoms with van der Waals surface area (Å²) >= 11 is 0. The van der Waals surface area contributed by atoms with Crippen LogP contribution in [0.3, 0.4) is 0 Å². The lowest BCUT2D eigenvalue weighted by Gasteiger charge is -2.16. The molecule has 1 atom stereocenters. The van der Waals surface area contributed by atoms with Crippen LogP contribution in [0.2, 0.25) is 0 Å². The molecule has 0 saturated carbocycles. The van der Waals surface area contributed by atoms with Crippen molar-refractivity contribution in [1.29, 1.82) is 0 Å². The molecule has 29 heavy (non-hydrogen) atoms. The van der Waals surface area contributed by atoms with Crippen LogP contribution in [-0.4, -0.2) is 22.3 Å². The number of nitrogens with zero attached hydrogens (tertiary/aromatic N) is 3. The van der Waals surface area contributed by atoms with Crippen LogP contribution >= 0.6 is 24.0 Å². The van der Waals surface area contributed by atoms with Crippen molar-refractivity contribution < 1.29 is 4.42 Å². The standard InChI is InChI=1S/C22H31N5O.HI/c1-6-18-17(19(7-2)27(5)26-18)14-24-22(23-8-3)25-15(4)21-13-16-11-9-10-12-20(16)28-21;/h9-13,15H,6-8,14H2,1-5H3,(H2,23,24,25);1H. The van der Waals surface area contributed by atoms with Gasteiger partial charge in [-0.1, -0.05) is 32.0 Å². The van der Waals surface area contributed by atoms with Crippen LogP contribution in [0.1, 0.15) is 56.4 Å². The zero-order valence-electron chi connectivity index (χ0n) is 18.0. The van der Waals surface area contributed by atoms with Gasteiger partial charge in [0.1, 0.15) is 11.3 Å². The Kier molecular flexibility index (Phi) is 8.55. The van der Waals surface area contributed by atoms with Crippen molar-refractivity contribution in [3.8, 4) is 0 Å². The van der Waals surface area contributed by atoms with Gasteiger partial charge in [-0.05, 0) is 38.8 Å². The van der Waals surface area contributed by atoms with Gasteiger partial charge in [-0.3, -0.25) is 4.68 Å². The smallest absolute Gasteiger partial charge is 0.192 e. The van der Waals surface area contributed by atoms with Gasteiger partial charge < -0.3 is 15.1 Å². The summed E-state index contributed by atoms with van der Waals surface area (Å²) in [5.74, 6) is 1.68. The van der Waals surface area contributed by atoms with E-state index in [1.807, 2.05) is 29.9 Å². The van der Waals surface area contributed by atoms with E-state index < -0.39 is 0 Å². The SMILES string of the molecule is CCNC(=NCc1c(CC)nn(C)c1CC)NC(C)c1cc2ccccc2o1.I. The molecule has 0 radical (unpaired) electrons. The molecular weight excluding hydrogens is 477 g/mol. The summed E-state index contributed by atoms with van der Waals surface area (Å²) < 4.78 is 7.98. The molecule has 0 amide bonds. The molecule has 3 aromatic rings. The van der Waals surface area contributed by atoms with E-state index >= 15 is 0 Å². The van der Waals surface area contributed by atoms with Gasteiger partial charge >= 0.3 is 0 Å². The third kappa shape index (κ3) is 5.32. The summed E-state index contributed by atoms with van der Waals surface area (Å²) in [6, 6.07) is 10.2. The Morgan fingerprint density at radius 1 is 1.21 bits per heavy atom. The van der Waals surface area contributed by atoms with Crippen LogP contribution in [0.5, 0.6) is 0 Å². The quantitative estimate of drug-likeness (QED) is 0.275. The first kappa shape index (κ1) is 23.3. The Balaban J connectivity index is 0.00000300. The number of hydrogen-bond donors (Lipinski definition) is 2. The number of aromatic nitrogens is 2. The summed E-state index contributed by atoms with van der Waals surface area (Å²) in [4.78, 5) is 4.83. The molecule has 0 bridgehead atoms. The van der Waals surface area contributed by atoms with E-state index in [4.69, 9.17) is 9.41 Å². The van der Waals surface area contributed by atoms with Crippen molar-refractivity contribution in [2.24, 2.45) is 12.0 Å². The molecule has 0 aliphatic heterocycles. The van der Waals surface area contributed by atoms with E-state index in [1.54, 1.807) is 0 Å². The molecule has 7 heteroatoms. The first-order valence-corrected chi connectivity index (χ1v) is 10.1. The lowest BCUT2D eigenvalue weighted by atomic mass is 10.1. The molecule has 0 spiro atoms. The van der Waals surface area contributed by atoms with Crippen molar-refractivity contribution in [2.75, 3.05) is 6.54 Å². The molecule has 2 heterocycles. The number of guanidine groups is 1. The van der Waals surface area contributed by atoms with Gasteiger partial charge in [0.2, 0.25) is 0 Å². The van der Waals surface area contributed by atoms with Crippen molar-refractivity contribution in [2.45, 2.75) is 53.1 Å². The highest BCUT2D eigenvalue weighted by molar-refractivity contribution is 14.0. The number of hydrogen-bond acceptors (Lipinski definition) is 3. The largest absolute Gasteiger partial charge is 0.459 e. The third-order valence-corrected chi connectivity index (χ3v) is 4.99. The molecule has 2 aromatic heterocycles. The molecule has 3 rings (SSSR count). The number of benzene rings is 1. The minimum absolute atomic E-state index is 0. The van der Waals surface area contributed by atoms with Gasteiger partial charge in [0.15, 0.2) is 5.96 Å². The van der Waals surface area contributed by atoms with E-state index in [1.165, 1.54) is 11.3 Å². The Labute approximate surface area is 190 Å². The number of halogens is 1. The van der Waals surface area contributed by atoms with Gasteiger partial charge in [-0.2, -0.15) is 5.10 Å². The fourth-order valence-corrected chi connectivity index (χ4v) is 3.54. The molecule has 0 aliphatic rings. The lowest BCUT2D eigenvalue weighted by Crippen LogP contribution is -2.38. The number of fused-ring (bicyclic) bond motifs is 1. The number of furan rings is 1. The van der Waals surface area contributed by atoms with Gasteiger partial charge in [-0.15, -0.1) is 24.0 Å². The second-order valence-electron chi connectivity index (χ2n) is 6.95. The molecule has 0 aliphatic carbocycles. The Morgan fingerprint density at radius 2 is 1.97 bits per heavy atom. The van der Waals surface area contributed by atoms with E-state index in [2.05, 4.69) is 55.6 Å². The average molecular weight is 509 g/mol. The van der Waals surface area contributed by atoms with Crippen LogP contribution in [-0.2, 0) is 26.4 Å². The Hall–Kier alpha value is -2.03. The van der Waals surface area contributed by atoms with Crippen molar-refractivity contribution in [3.63, 3.8) is 0 Å². The topological polar surface area (TPSA) is 67.4 Å². The van der Waals surface area contributed by atoms with Gasteiger partial charge in [0.05, 0.1) is 18.3 Å². The molecule has 0 fully saturated rings. The number of para-hydroxylation sites is 1. The highest BCUT2D eigenvalue weighted by atomic mass is 127. The normalized spacial score (nSPS) is 12.7. The fourth-order valence-electron chi connectivity index (χ4n) is 3.54. The summed E-state index contributed by atoms with van der Waals surface area (Å²) in [5, 5.41) is 12.6. The fraction of sp³-hybridized carbons (Fsp3) is 0.455. The van der Waals surface area contributed by atoms with Crippen molar-refractivity contribution >= 4 is 40.9 Å². The maximum absolute atomic E-state index is 5.99. The van der Waals surface area contributed by atoms with Crippen LogP contribution in [0, 0.1) is 0 Å². The average Bonchev–Trinajstić information content (AvgIpc) is 3.26. The summed E-state index contributed by atoms with van der Waals surface area (Å²) in [5.41, 5.74) is 4.52. The Morgan fingerprint density at radius 3 is 2.62 bits per heavy atom. The lowest BCUT2D eigenvalue weighted by molar-refractivity contribution is 0.488. The number of aryl methyl sites for hydroxylation is 2. The second-order valence-corrected chi connectivity index (χ2v) is 6.95. The number of rotatable bonds is 7. The van der Waals surface area contributed by atoms with E-state index in [0.717, 1.165) is 47.8 Å².